The highest BCUT2D eigenvalue weighted by Crippen LogP contribution is 2.31. The SMILES string of the molecule is Cc1ccc(S(=O)(=O)N2CCCC(c3nc(-c4ccccc4C)no3)C2)cc1. The Morgan fingerprint density at radius 1 is 1.07 bits per heavy atom. The monoisotopic (exact) mass is 397 g/mol. The van der Waals surface area contributed by atoms with Crippen molar-refractivity contribution in [2.75, 3.05) is 13.1 Å². The van der Waals surface area contributed by atoms with Crippen molar-refractivity contribution in [1.82, 2.24) is 14.4 Å². The van der Waals surface area contributed by atoms with E-state index in [0.29, 0.717) is 29.7 Å². The molecular weight excluding hydrogens is 374 g/mol. The van der Waals surface area contributed by atoms with Crippen LogP contribution in [0.5, 0.6) is 0 Å². The summed E-state index contributed by atoms with van der Waals surface area (Å²) in [6.07, 6.45) is 1.59. The van der Waals surface area contributed by atoms with Crippen LogP contribution in [-0.4, -0.2) is 36.0 Å². The van der Waals surface area contributed by atoms with Crippen molar-refractivity contribution in [2.24, 2.45) is 0 Å². The topological polar surface area (TPSA) is 76.3 Å². The van der Waals surface area contributed by atoms with Gasteiger partial charge in [-0.05, 0) is 44.4 Å². The van der Waals surface area contributed by atoms with E-state index in [4.69, 9.17) is 4.52 Å². The Labute approximate surface area is 165 Å². The summed E-state index contributed by atoms with van der Waals surface area (Å²) < 4.78 is 33.1. The predicted molar refractivity (Wildman–Crippen MR) is 106 cm³/mol. The van der Waals surface area contributed by atoms with Crippen LogP contribution in [0.25, 0.3) is 11.4 Å². The maximum atomic E-state index is 13.0. The quantitative estimate of drug-likeness (QED) is 0.667. The molecule has 1 unspecified atom stereocenters. The Hall–Kier alpha value is -2.51. The van der Waals surface area contributed by atoms with Crippen LogP contribution >= 0.6 is 0 Å². The zero-order chi connectivity index (χ0) is 19.7. The number of sulfonamides is 1. The first-order chi connectivity index (χ1) is 13.4. The molecule has 0 saturated carbocycles. The molecule has 2 aromatic carbocycles. The van der Waals surface area contributed by atoms with Crippen molar-refractivity contribution in [2.45, 2.75) is 37.5 Å². The summed E-state index contributed by atoms with van der Waals surface area (Å²) in [5, 5.41) is 4.12. The van der Waals surface area contributed by atoms with Crippen LogP contribution < -0.4 is 0 Å². The van der Waals surface area contributed by atoms with E-state index >= 15 is 0 Å². The van der Waals surface area contributed by atoms with E-state index in [-0.39, 0.29) is 5.92 Å². The van der Waals surface area contributed by atoms with Crippen LogP contribution in [0, 0.1) is 13.8 Å². The molecule has 0 N–H and O–H groups in total. The molecule has 0 amide bonds. The number of nitrogens with zero attached hydrogens (tertiary/aromatic N) is 3. The van der Waals surface area contributed by atoms with Gasteiger partial charge in [0.25, 0.3) is 0 Å². The van der Waals surface area contributed by atoms with Gasteiger partial charge in [0.2, 0.25) is 21.7 Å². The van der Waals surface area contributed by atoms with Gasteiger partial charge in [-0.25, -0.2) is 8.42 Å². The molecule has 1 aliphatic rings. The minimum Gasteiger partial charge on any atom is -0.339 e. The lowest BCUT2D eigenvalue weighted by Crippen LogP contribution is -2.39. The third-order valence-corrected chi connectivity index (χ3v) is 7.10. The maximum Gasteiger partial charge on any atom is 0.243 e. The largest absolute Gasteiger partial charge is 0.339 e. The molecule has 1 fully saturated rings. The highest BCUT2D eigenvalue weighted by molar-refractivity contribution is 7.89. The van der Waals surface area contributed by atoms with Crippen LogP contribution in [0.3, 0.4) is 0 Å². The van der Waals surface area contributed by atoms with E-state index in [2.05, 4.69) is 10.1 Å². The van der Waals surface area contributed by atoms with Gasteiger partial charge in [-0.15, -0.1) is 0 Å². The van der Waals surface area contributed by atoms with Crippen molar-refractivity contribution in [3.05, 3.63) is 65.5 Å². The molecule has 1 aromatic heterocycles. The molecule has 0 bridgehead atoms. The standard InChI is InChI=1S/C21H23N3O3S/c1-15-9-11-18(12-10-15)28(25,26)24-13-5-7-17(14-24)21-22-20(23-27-21)19-8-4-3-6-16(19)2/h3-4,6,8-12,17H,5,7,13-14H2,1-2H3. The predicted octanol–water partition coefficient (Wildman–Crippen LogP) is 3.92. The van der Waals surface area contributed by atoms with Gasteiger partial charge in [-0.3, -0.25) is 0 Å². The van der Waals surface area contributed by atoms with Gasteiger partial charge in [0.05, 0.1) is 10.8 Å². The fourth-order valence-electron chi connectivity index (χ4n) is 3.56. The number of rotatable bonds is 4. The van der Waals surface area contributed by atoms with Crippen molar-refractivity contribution in [1.29, 1.82) is 0 Å². The van der Waals surface area contributed by atoms with Crippen LogP contribution in [0.2, 0.25) is 0 Å². The molecule has 0 spiro atoms. The molecular formula is C21H23N3O3S. The highest BCUT2D eigenvalue weighted by atomic mass is 32.2. The number of aromatic nitrogens is 2. The molecule has 7 heteroatoms. The Morgan fingerprint density at radius 2 is 1.82 bits per heavy atom. The summed E-state index contributed by atoms with van der Waals surface area (Å²) in [7, 11) is -3.53. The number of aryl methyl sites for hydroxylation is 2. The smallest absolute Gasteiger partial charge is 0.243 e. The molecule has 2 heterocycles. The summed E-state index contributed by atoms with van der Waals surface area (Å²) in [6.45, 7) is 4.80. The first kappa shape index (κ1) is 18.8. The van der Waals surface area contributed by atoms with Gasteiger partial charge in [-0.1, -0.05) is 47.1 Å². The summed E-state index contributed by atoms with van der Waals surface area (Å²) in [5.41, 5.74) is 3.03. The van der Waals surface area contributed by atoms with Gasteiger partial charge < -0.3 is 4.52 Å². The average molecular weight is 398 g/mol. The van der Waals surface area contributed by atoms with E-state index in [1.54, 1.807) is 12.1 Å². The number of benzene rings is 2. The first-order valence-corrected chi connectivity index (χ1v) is 10.9. The summed E-state index contributed by atoms with van der Waals surface area (Å²) in [5.74, 6) is 0.952. The molecule has 0 aliphatic carbocycles. The van der Waals surface area contributed by atoms with Crippen LogP contribution in [0.1, 0.15) is 35.8 Å². The molecule has 3 aromatic rings. The molecule has 4 rings (SSSR count). The fourth-order valence-corrected chi connectivity index (χ4v) is 5.08. The molecule has 28 heavy (non-hydrogen) atoms. The Balaban J connectivity index is 1.56. The third-order valence-electron chi connectivity index (χ3n) is 5.22. The molecule has 0 radical (unpaired) electrons. The van der Waals surface area contributed by atoms with E-state index < -0.39 is 10.0 Å². The second kappa shape index (κ2) is 7.48. The second-order valence-electron chi connectivity index (χ2n) is 7.29. The van der Waals surface area contributed by atoms with Crippen LogP contribution in [-0.2, 0) is 10.0 Å². The van der Waals surface area contributed by atoms with E-state index in [1.165, 1.54) is 4.31 Å². The fraction of sp³-hybridized carbons (Fsp3) is 0.333. The Morgan fingerprint density at radius 3 is 2.57 bits per heavy atom. The molecule has 1 aliphatic heterocycles. The molecule has 6 nitrogen and oxygen atoms in total. The zero-order valence-electron chi connectivity index (χ0n) is 16.0. The summed E-state index contributed by atoms with van der Waals surface area (Å²) >= 11 is 0. The molecule has 1 atom stereocenters. The van der Waals surface area contributed by atoms with Crippen molar-refractivity contribution in [3.8, 4) is 11.4 Å². The van der Waals surface area contributed by atoms with Gasteiger partial charge in [0.1, 0.15) is 0 Å². The number of hydrogen-bond donors (Lipinski definition) is 0. The lowest BCUT2D eigenvalue weighted by atomic mass is 10.00. The Bertz CT molecular complexity index is 1070. The van der Waals surface area contributed by atoms with E-state index in [0.717, 1.165) is 29.5 Å². The zero-order valence-corrected chi connectivity index (χ0v) is 16.8. The van der Waals surface area contributed by atoms with Crippen molar-refractivity contribution < 1.29 is 12.9 Å². The second-order valence-corrected chi connectivity index (χ2v) is 9.22. The van der Waals surface area contributed by atoms with Crippen LogP contribution in [0.4, 0.5) is 0 Å². The minimum atomic E-state index is -3.53. The number of hydrogen-bond acceptors (Lipinski definition) is 5. The number of piperidine rings is 1. The normalized spacial score (nSPS) is 18.3. The molecule has 146 valence electrons. The summed E-state index contributed by atoms with van der Waals surface area (Å²) in [6, 6.07) is 14.8. The maximum absolute atomic E-state index is 13.0. The average Bonchev–Trinajstić information content (AvgIpc) is 3.19. The van der Waals surface area contributed by atoms with Crippen molar-refractivity contribution >= 4 is 10.0 Å². The lowest BCUT2D eigenvalue weighted by molar-refractivity contribution is 0.265. The van der Waals surface area contributed by atoms with Gasteiger partial charge in [-0.2, -0.15) is 9.29 Å². The summed E-state index contributed by atoms with van der Waals surface area (Å²) in [4.78, 5) is 4.89. The first-order valence-electron chi connectivity index (χ1n) is 9.41. The van der Waals surface area contributed by atoms with Gasteiger partial charge in [0, 0.05) is 18.7 Å². The third kappa shape index (κ3) is 3.59. The van der Waals surface area contributed by atoms with Gasteiger partial charge in [0.15, 0.2) is 0 Å². The van der Waals surface area contributed by atoms with Crippen molar-refractivity contribution in [3.63, 3.8) is 0 Å². The van der Waals surface area contributed by atoms with Crippen LogP contribution in [0.15, 0.2) is 57.9 Å². The molecule has 1 saturated heterocycles. The Kier molecular flexibility index (Phi) is 5.03. The minimum absolute atomic E-state index is 0.0979. The van der Waals surface area contributed by atoms with Gasteiger partial charge >= 0.3 is 0 Å². The highest BCUT2D eigenvalue weighted by Gasteiger charge is 2.33. The lowest BCUT2D eigenvalue weighted by Gasteiger charge is -2.30. The van der Waals surface area contributed by atoms with E-state index in [1.807, 2.05) is 50.2 Å². The van der Waals surface area contributed by atoms with E-state index in [9.17, 15) is 8.42 Å².